The lowest BCUT2D eigenvalue weighted by atomic mass is 9.88. The predicted molar refractivity (Wildman–Crippen MR) is 88.0 cm³/mol. The third-order valence-corrected chi connectivity index (χ3v) is 3.99. The predicted octanol–water partition coefficient (Wildman–Crippen LogP) is 4.00. The molecule has 0 amide bonds. The molecular weight excluding hydrogens is 260 g/mol. The van der Waals surface area contributed by atoms with E-state index in [1.165, 1.54) is 11.3 Å². The molecule has 1 aliphatic heterocycles. The van der Waals surface area contributed by atoms with Gasteiger partial charge in [0.1, 0.15) is 5.75 Å². The Bertz CT molecular complexity index is 636. The first-order valence-electron chi connectivity index (χ1n) is 7.14. The van der Waals surface area contributed by atoms with Crippen LogP contribution in [-0.4, -0.2) is 13.7 Å². The van der Waals surface area contributed by atoms with E-state index in [2.05, 4.69) is 41.5 Å². The number of rotatable bonds is 5. The van der Waals surface area contributed by atoms with Gasteiger partial charge in [-0.3, -0.25) is 0 Å². The lowest BCUT2D eigenvalue weighted by Gasteiger charge is -2.31. The number of para-hydroxylation sites is 1. The zero-order valence-corrected chi connectivity index (χ0v) is 12.2. The van der Waals surface area contributed by atoms with E-state index in [9.17, 15) is 0 Å². The van der Waals surface area contributed by atoms with Crippen LogP contribution < -0.4 is 15.4 Å². The topological polar surface area (TPSA) is 33.3 Å². The molecule has 2 N–H and O–H groups in total. The Morgan fingerprint density at radius 2 is 2.00 bits per heavy atom. The normalized spacial score (nSPS) is 19.5. The van der Waals surface area contributed by atoms with E-state index in [1.807, 2.05) is 30.3 Å². The number of anilines is 2. The number of fused-ring (bicyclic) bond motifs is 1. The fraction of sp³-hybridized carbons (Fsp3) is 0.222. The van der Waals surface area contributed by atoms with E-state index in [1.54, 1.807) is 7.11 Å². The SMILES string of the molecule is C=CCC1(Nc2ccc(OC)cc2)CNc2ccccc21. The van der Waals surface area contributed by atoms with Crippen LogP contribution in [0.4, 0.5) is 11.4 Å². The highest BCUT2D eigenvalue weighted by atomic mass is 16.5. The molecule has 2 aromatic rings. The minimum atomic E-state index is -0.146. The molecule has 21 heavy (non-hydrogen) atoms. The largest absolute Gasteiger partial charge is 0.497 e. The van der Waals surface area contributed by atoms with Crippen molar-refractivity contribution < 1.29 is 4.74 Å². The molecule has 0 aromatic heterocycles. The summed E-state index contributed by atoms with van der Waals surface area (Å²) in [7, 11) is 1.68. The molecule has 1 unspecified atom stereocenters. The Morgan fingerprint density at radius 1 is 1.24 bits per heavy atom. The van der Waals surface area contributed by atoms with Gasteiger partial charge in [-0.25, -0.2) is 0 Å². The highest BCUT2D eigenvalue weighted by molar-refractivity contribution is 5.64. The van der Waals surface area contributed by atoms with Gasteiger partial charge in [0, 0.05) is 23.5 Å². The Hall–Kier alpha value is -2.42. The molecule has 3 rings (SSSR count). The van der Waals surface area contributed by atoms with Crippen LogP contribution in [0, 0.1) is 0 Å². The van der Waals surface area contributed by atoms with Crippen molar-refractivity contribution in [3.8, 4) is 5.75 Å². The number of ether oxygens (including phenoxy) is 1. The molecule has 3 heteroatoms. The van der Waals surface area contributed by atoms with E-state index >= 15 is 0 Å². The van der Waals surface area contributed by atoms with Crippen LogP contribution in [0.3, 0.4) is 0 Å². The second kappa shape index (κ2) is 5.52. The maximum atomic E-state index is 5.21. The summed E-state index contributed by atoms with van der Waals surface area (Å²) in [5.74, 6) is 0.864. The molecule has 108 valence electrons. The van der Waals surface area contributed by atoms with Crippen LogP contribution in [0.5, 0.6) is 5.75 Å². The lowest BCUT2D eigenvalue weighted by Crippen LogP contribution is -2.36. The second-order valence-corrected chi connectivity index (χ2v) is 5.33. The van der Waals surface area contributed by atoms with Gasteiger partial charge in [-0.15, -0.1) is 6.58 Å². The molecule has 1 atom stereocenters. The van der Waals surface area contributed by atoms with Crippen molar-refractivity contribution in [3.05, 3.63) is 66.7 Å². The molecule has 0 spiro atoms. The second-order valence-electron chi connectivity index (χ2n) is 5.33. The molecule has 2 aromatic carbocycles. The van der Waals surface area contributed by atoms with Crippen molar-refractivity contribution in [3.63, 3.8) is 0 Å². The van der Waals surface area contributed by atoms with Gasteiger partial charge in [-0.05, 0) is 36.8 Å². The smallest absolute Gasteiger partial charge is 0.119 e. The summed E-state index contributed by atoms with van der Waals surface area (Å²) >= 11 is 0. The van der Waals surface area contributed by atoms with Gasteiger partial charge in [-0.1, -0.05) is 24.3 Å². The summed E-state index contributed by atoms with van der Waals surface area (Å²) in [5, 5.41) is 7.16. The summed E-state index contributed by atoms with van der Waals surface area (Å²) in [6, 6.07) is 16.5. The number of methoxy groups -OCH3 is 1. The van der Waals surface area contributed by atoms with E-state index in [0.29, 0.717) is 0 Å². The zero-order chi connectivity index (χ0) is 14.7. The maximum absolute atomic E-state index is 5.21. The van der Waals surface area contributed by atoms with E-state index in [-0.39, 0.29) is 5.54 Å². The number of hydrogen-bond donors (Lipinski definition) is 2. The van der Waals surface area contributed by atoms with Crippen molar-refractivity contribution in [2.45, 2.75) is 12.0 Å². The van der Waals surface area contributed by atoms with E-state index < -0.39 is 0 Å². The Morgan fingerprint density at radius 3 is 2.71 bits per heavy atom. The first kappa shape index (κ1) is 13.6. The molecule has 0 fully saturated rings. The van der Waals surface area contributed by atoms with Crippen LogP contribution in [0.25, 0.3) is 0 Å². The first-order valence-corrected chi connectivity index (χ1v) is 7.14. The van der Waals surface area contributed by atoms with Gasteiger partial charge < -0.3 is 15.4 Å². The monoisotopic (exact) mass is 280 g/mol. The molecule has 0 aliphatic carbocycles. The van der Waals surface area contributed by atoms with Gasteiger partial charge in [0.15, 0.2) is 0 Å². The van der Waals surface area contributed by atoms with Crippen LogP contribution in [0.15, 0.2) is 61.2 Å². The summed E-state index contributed by atoms with van der Waals surface area (Å²) in [6.45, 7) is 4.77. The zero-order valence-electron chi connectivity index (χ0n) is 12.2. The van der Waals surface area contributed by atoms with Gasteiger partial charge in [-0.2, -0.15) is 0 Å². The fourth-order valence-corrected chi connectivity index (χ4v) is 2.94. The third kappa shape index (κ3) is 2.47. The van der Waals surface area contributed by atoms with Crippen LogP contribution >= 0.6 is 0 Å². The van der Waals surface area contributed by atoms with E-state index in [0.717, 1.165) is 24.4 Å². The molecule has 0 radical (unpaired) electrons. The molecular formula is C18H20N2O. The molecule has 0 saturated carbocycles. The van der Waals surface area contributed by atoms with Crippen molar-refractivity contribution >= 4 is 11.4 Å². The highest BCUT2D eigenvalue weighted by Gasteiger charge is 2.37. The summed E-state index contributed by atoms with van der Waals surface area (Å²) in [6.07, 6.45) is 2.84. The van der Waals surface area contributed by atoms with Crippen molar-refractivity contribution in [1.29, 1.82) is 0 Å². The van der Waals surface area contributed by atoms with Crippen molar-refractivity contribution in [1.82, 2.24) is 0 Å². The minimum Gasteiger partial charge on any atom is -0.497 e. The fourth-order valence-electron chi connectivity index (χ4n) is 2.94. The van der Waals surface area contributed by atoms with E-state index in [4.69, 9.17) is 4.74 Å². The molecule has 3 nitrogen and oxygen atoms in total. The first-order chi connectivity index (χ1) is 10.3. The highest BCUT2D eigenvalue weighted by Crippen LogP contribution is 2.40. The van der Waals surface area contributed by atoms with Crippen LogP contribution in [0.1, 0.15) is 12.0 Å². The van der Waals surface area contributed by atoms with Crippen LogP contribution in [-0.2, 0) is 5.54 Å². The Labute approximate surface area is 125 Å². The molecule has 1 aliphatic rings. The average Bonchev–Trinajstić information content (AvgIpc) is 2.88. The molecule has 0 bridgehead atoms. The minimum absolute atomic E-state index is 0.146. The molecule has 1 heterocycles. The molecule has 0 saturated heterocycles. The summed E-state index contributed by atoms with van der Waals surface area (Å²) in [4.78, 5) is 0. The van der Waals surface area contributed by atoms with Crippen LogP contribution in [0.2, 0.25) is 0 Å². The van der Waals surface area contributed by atoms with Crippen molar-refractivity contribution in [2.24, 2.45) is 0 Å². The Balaban J connectivity index is 1.93. The number of hydrogen-bond acceptors (Lipinski definition) is 3. The van der Waals surface area contributed by atoms with Gasteiger partial charge in [0.2, 0.25) is 0 Å². The van der Waals surface area contributed by atoms with Gasteiger partial charge in [0.25, 0.3) is 0 Å². The quantitative estimate of drug-likeness (QED) is 0.812. The average molecular weight is 280 g/mol. The maximum Gasteiger partial charge on any atom is 0.119 e. The number of benzene rings is 2. The third-order valence-electron chi connectivity index (χ3n) is 3.99. The Kier molecular flexibility index (Phi) is 3.57. The van der Waals surface area contributed by atoms with Gasteiger partial charge >= 0.3 is 0 Å². The lowest BCUT2D eigenvalue weighted by molar-refractivity contribution is 0.415. The summed E-state index contributed by atoms with van der Waals surface area (Å²) < 4.78 is 5.21. The van der Waals surface area contributed by atoms with Crippen molar-refractivity contribution in [2.75, 3.05) is 24.3 Å². The number of nitrogens with one attached hydrogen (secondary N) is 2. The standard InChI is InChI=1S/C18H20N2O/c1-3-12-18(13-19-17-7-5-4-6-16(17)18)20-14-8-10-15(21-2)11-9-14/h3-11,19-20H,1,12-13H2,2H3. The van der Waals surface area contributed by atoms with Gasteiger partial charge in [0.05, 0.1) is 12.6 Å². The summed E-state index contributed by atoms with van der Waals surface area (Å²) in [5.41, 5.74) is 3.42.